The van der Waals surface area contributed by atoms with E-state index in [1.807, 2.05) is 11.9 Å². The molecule has 33 heavy (non-hydrogen) atoms. The molecule has 0 aliphatic carbocycles. The molecule has 0 saturated carbocycles. The SMILES string of the molecule is CN(C(=O)c1ccc(NC2=C(Cl)C(=O)N(c3ccccc3Cl)C2=O)cc1)C1CC[NH+](C)CC1. The highest BCUT2D eigenvalue weighted by atomic mass is 35.5. The average Bonchev–Trinajstić information content (AvgIpc) is 3.02. The molecule has 4 rings (SSSR count). The van der Waals surface area contributed by atoms with Gasteiger partial charge in [-0.05, 0) is 36.4 Å². The molecular formula is C24H25Cl2N4O3+. The first kappa shape index (κ1) is 23.3. The highest BCUT2D eigenvalue weighted by molar-refractivity contribution is 6.53. The molecule has 172 valence electrons. The van der Waals surface area contributed by atoms with E-state index in [4.69, 9.17) is 23.2 Å². The molecule has 2 heterocycles. The maximum atomic E-state index is 12.9. The summed E-state index contributed by atoms with van der Waals surface area (Å²) in [5, 5.41) is 2.97. The summed E-state index contributed by atoms with van der Waals surface area (Å²) in [6.45, 7) is 2.11. The van der Waals surface area contributed by atoms with Gasteiger partial charge in [-0.3, -0.25) is 14.4 Å². The number of rotatable bonds is 5. The molecule has 3 amide bonds. The fourth-order valence-corrected chi connectivity index (χ4v) is 4.59. The number of para-hydroxylation sites is 1. The van der Waals surface area contributed by atoms with Gasteiger partial charge in [0.1, 0.15) is 10.7 Å². The van der Waals surface area contributed by atoms with Gasteiger partial charge in [-0.15, -0.1) is 0 Å². The second kappa shape index (κ2) is 9.55. The van der Waals surface area contributed by atoms with Crippen LogP contribution >= 0.6 is 23.2 Å². The summed E-state index contributed by atoms with van der Waals surface area (Å²) in [4.78, 5) is 42.7. The molecule has 0 radical (unpaired) electrons. The Morgan fingerprint density at radius 2 is 1.67 bits per heavy atom. The minimum absolute atomic E-state index is 0.0355. The van der Waals surface area contributed by atoms with Crippen LogP contribution in [0.5, 0.6) is 0 Å². The number of hydrogen-bond acceptors (Lipinski definition) is 4. The molecule has 2 aliphatic heterocycles. The van der Waals surface area contributed by atoms with E-state index in [-0.39, 0.29) is 33.4 Å². The first-order valence-electron chi connectivity index (χ1n) is 10.8. The zero-order chi connectivity index (χ0) is 23.7. The van der Waals surface area contributed by atoms with Crippen molar-refractivity contribution in [1.29, 1.82) is 0 Å². The lowest BCUT2D eigenvalue weighted by molar-refractivity contribution is -0.885. The molecule has 2 aromatic carbocycles. The number of carbonyl (C=O) groups is 3. The summed E-state index contributed by atoms with van der Waals surface area (Å²) >= 11 is 12.4. The van der Waals surface area contributed by atoms with E-state index in [1.54, 1.807) is 48.5 Å². The van der Waals surface area contributed by atoms with Crippen molar-refractivity contribution < 1.29 is 19.3 Å². The van der Waals surface area contributed by atoms with Gasteiger partial charge in [-0.2, -0.15) is 0 Å². The van der Waals surface area contributed by atoms with Gasteiger partial charge in [0.25, 0.3) is 17.7 Å². The van der Waals surface area contributed by atoms with Gasteiger partial charge in [0, 0.05) is 37.2 Å². The normalized spacial score (nSPS) is 20.9. The Bertz CT molecular complexity index is 1120. The second-order valence-electron chi connectivity index (χ2n) is 8.39. The fourth-order valence-electron chi connectivity index (χ4n) is 4.16. The number of halogens is 2. The Morgan fingerprint density at radius 1 is 1.03 bits per heavy atom. The quantitative estimate of drug-likeness (QED) is 0.635. The summed E-state index contributed by atoms with van der Waals surface area (Å²) in [5.74, 6) is -1.28. The summed E-state index contributed by atoms with van der Waals surface area (Å²) in [6, 6.07) is 13.6. The number of benzene rings is 2. The molecule has 1 fully saturated rings. The smallest absolute Gasteiger partial charge is 0.283 e. The lowest BCUT2D eigenvalue weighted by atomic mass is 10.0. The largest absolute Gasteiger partial charge is 0.350 e. The van der Waals surface area contributed by atoms with Crippen molar-refractivity contribution in [2.24, 2.45) is 0 Å². The number of nitrogens with one attached hydrogen (secondary N) is 2. The Kier molecular flexibility index (Phi) is 6.74. The monoisotopic (exact) mass is 487 g/mol. The van der Waals surface area contributed by atoms with E-state index in [2.05, 4.69) is 12.4 Å². The molecule has 2 N–H and O–H groups in total. The van der Waals surface area contributed by atoms with E-state index in [9.17, 15) is 14.4 Å². The predicted octanol–water partition coefficient (Wildman–Crippen LogP) is 2.52. The van der Waals surface area contributed by atoms with Crippen LogP contribution in [0.2, 0.25) is 5.02 Å². The van der Waals surface area contributed by atoms with Crippen LogP contribution in [-0.2, 0) is 9.59 Å². The molecule has 0 unspecified atom stereocenters. The van der Waals surface area contributed by atoms with Crippen molar-refractivity contribution in [2.75, 3.05) is 37.4 Å². The Hall–Kier alpha value is -2.87. The van der Waals surface area contributed by atoms with Crippen LogP contribution < -0.4 is 15.1 Å². The third-order valence-corrected chi connectivity index (χ3v) is 6.87. The standard InChI is InChI=1S/C24H24Cl2N4O3/c1-28-13-11-17(12-14-28)29(2)22(31)15-7-9-16(10-8-15)27-21-20(26)23(32)30(24(21)33)19-6-4-3-5-18(19)25/h3-10,17,27H,11-14H2,1-2H3/p+1. The van der Waals surface area contributed by atoms with E-state index in [0.29, 0.717) is 11.3 Å². The van der Waals surface area contributed by atoms with Crippen LogP contribution in [-0.4, -0.2) is 55.8 Å². The highest BCUT2D eigenvalue weighted by Gasteiger charge is 2.39. The first-order valence-corrected chi connectivity index (χ1v) is 11.5. The van der Waals surface area contributed by atoms with Crippen molar-refractivity contribution >= 4 is 52.3 Å². The Morgan fingerprint density at radius 3 is 2.30 bits per heavy atom. The van der Waals surface area contributed by atoms with E-state index >= 15 is 0 Å². The summed E-state index contributed by atoms with van der Waals surface area (Å²) < 4.78 is 0. The van der Waals surface area contributed by atoms with E-state index in [0.717, 1.165) is 30.8 Å². The minimum Gasteiger partial charge on any atom is -0.350 e. The maximum Gasteiger partial charge on any atom is 0.283 e. The number of amides is 3. The third kappa shape index (κ3) is 4.62. The van der Waals surface area contributed by atoms with Crippen molar-refractivity contribution in [3.63, 3.8) is 0 Å². The number of imide groups is 1. The zero-order valence-corrected chi connectivity index (χ0v) is 19.9. The second-order valence-corrected chi connectivity index (χ2v) is 9.18. The van der Waals surface area contributed by atoms with Crippen LogP contribution in [0.4, 0.5) is 11.4 Å². The van der Waals surface area contributed by atoms with Crippen molar-refractivity contribution in [1.82, 2.24) is 4.90 Å². The lowest BCUT2D eigenvalue weighted by Gasteiger charge is -2.33. The Balaban J connectivity index is 1.46. The summed E-state index contributed by atoms with van der Waals surface area (Å²) in [5.41, 5.74) is 1.32. The molecule has 9 heteroatoms. The van der Waals surface area contributed by atoms with E-state index < -0.39 is 11.8 Å². The van der Waals surface area contributed by atoms with Crippen molar-refractivity contribution in [2.45, 2.75) is 18.9 Å². The van der Waals surface area contributed by atoms with Crippen molar-refractivity contribution in [3.05, 3.63) is 69.8 Å². The van der Waals surface area contributed by atoms with Gasteiger partial charge in [0.15, 0.2) is 0 Å². The van der Waals surface area contributed by atoms with Crippen LogP contribution in [0.3, 0.4) is 0 Å². The van der Waals surface area contributed by atoms with Crippen LogP contribution in [0.15, 0.2) is 59.3 Å². The van der Waals surface area contributed by atoms with Crippen molar-refractivity contribution in [3.8, 4) is 0 Å². The van der Waals surface area contributed by atoms with Gasteiger partial charge in [0.05, 0.1) is 30.8 Å². The molecule has 0 atom stereocenters. The number of carbonyl (C=O) groups excluding carboxylic acids is 3. The predicted molar refractivity (Wildman–Crippen MR) is 129 cm³/mol. The fraction of sp³-hybridized carbons (Fsp3) is 0.292. The number of nitrogens with zero attached hydrogens (tertiary/aromatic N) is 2. The zero-order valence-electron chi connectivity index (χ0n) is 18.4. The maximum absolute atomic E-state index is 12.9. The topological polar surface area (TPSA) is 74.2 Å². The molecule has 1 saturated heterocycles. The number of anilines is 2. The molecule has 0 spiro atoms. The number of hydrogen-bond donors (Lipinski definition) is 2. The van der Waals surface area contributed by atoms with E-state index in [1.165, 1.54) is 4.90 Å². The van der Waals surface area contributed by atoms with Gasteiger partial charge < -0.3 is 15.1 Å². The molecule has 2 aliphatic rings. The summed E-state index contributed by atoms with van der Waals surface area (Å²) in [6.07, 6.45) is 1.97. The summed E-state index contributed by atoms with van der Waals surface area (Å²) in [7, 11) is 4.01. The molecule has 0 bridgehead atoms. The van der Waals surface area contributed by atoms with Crippen LogP contribution in [0, 0.1) is 0 Å². The Labute approximate surface area is 202 Å². The molecule has 0 aromatic heterocycles. The molecular weight excluding hydrogens is 463 g/mol. The third-order valence-electron chi connectivity index (χ3n) is 6.20. The van der Waals surface area contributed by atoms with Gasteiger partial charge in [-0.25, -0.2) is 4.90 Å². The van der Waals surface area contributed by atoms with Crippen LogP contribution in [0.1, 0.15) is 23.2 Å². The highest BCUT2D eigenvalue weighted by Crippen LogP contribution is 2.34. The average molecular weight is 488 g/mol. The van der Waals surface area contributed by atoms with Gasteiger partial charge in [0.2, 0.25) is 0 Å². The first-order chi connectivity index (χ1) is 15.8. The van der Waals surface area contributed by atoms with Gasteiger partial charge in [-0.1, -0.05) is 35.3 Å². The molecule has 7 nitrogen and oxygen atoms in total. The molecule has 2 aromatic rings. The lowest BCUT2D eigenvalue weighted by Crippen LogP contribution is -3.10. The van der Waals surface area contributed by atoms with Crippen LogP contribution in [0.25, 0.3) is 0 Å². The minimum atomic E-state index is -0.648. The van der Waals surface area contributed by atoms with Gasteiger partial charge >= 0.3 is 0 Å². The number of likely N-dealkylation sites (tertiary alicyclic amines) is 1. The number of piperidine rings is 1. The number of quaternary nitrogens is 1.